The van der Waals surface area contributed by atoms with Crippen molar-refractivity contribution in [2.45, 2.75) is 0 Å². The number of carbonyl (C=O) groups is 1. The molecule has 0 atom stereocenters. The summed E-state index contributed by atoms with van der Waals surface area (Å²) in [5.74, 6) is -0.714. The van der Waals surface area contributed by atoms with Crippen molar-refractivity contribution < 1.29 is 9.18 Å². The molecule has 3 aromatic rings. The molecule has 5 nitrogen and oxygen atoms in total. The van der Waals surface area contributed by atoms with Crippen LogP contribution in [0.25, 0.3) is 0 Å². The van der Waals surface area contributed by atoms with Crippen molar-refractivity contribution in [3.8, 4) is 0 Å². The van der Waals surface area contributed by atoms with Crippen molar-refractivity contribution in [2.24, 2.45) is 0 Å². The van der Waals surface area contributed by atoms with E-state index in [-0.39, 0.29) is 11.4 Å². The van der Waals surface area contributed by atoms with E-state index in [2.05, 4.69) is 20.6 Å². The first kappa shape index (κ1) is 17.1. The first-order valence-corrected chi connectivity index (χ1v) is 7.88. The van der Waals surface area contributed by atoms with Crippen molar-refractivity contribution in [1.29, 1.82) is 0 Å². The molecular weight excluding hydrogens is 366 g/mol. The van der Waals surface area contributed by atoms with Crippen LogP contribution in [0.1, 0.15) is 10.5 Å². The fourth-order valence-electron chi connectivity index (χ4n) is 1.99. The second-order valence-corrected chi connectivity index (χ2v) is 5.81. The first-order chi connectivity index (χ1) is 12.0. The molecule has 0 bridgehead atoms. The molecule has 0 aliphatic heterocycles. The van der Waals surface area contributed by atoms with E-state index >= 15 is 0 Å². The van der Waals surface area contributed by atoms with Crippen molar-refractivity contribution in [1.82, 2.24) is 9.97 Å². The Morgan fingerprint density at radius 1 is 1.00 bits per heavy atom. The Balaban J connectivity index is 1.72. The number of anilines is 3. The predicted octanol–water partition coefficient (Wildman–Crippen LogP) is 4.92. The third kappa shape index (κ3) is 4.23. The van der Waals surface area contributed by atoms with Gasteiger partial charge in [-0.15, -0.1) is 0 Å². The van der Waals surface area contributed by atoms with Gasteiger partial charge >= 0.3 is 0 Å². The van der Waals surface area contributed by atoms with Crippen LogP contribution in [0, 0.1) is 5.82 Å². The van der Waals surface area contributed by atoms with E-state index in [1.165, 1.54) is 30.6 Å². The van der Waals surface area contributed by atoms with E-state index in [9.17, 15) is 9.18 Å². The minimum absolute atomic E-state index is 0.0472. The fourth-order valence-corrected chi connectivity index (χ4v) is 2.33. The number of para-hydroxylation sites is 1. The molecule has 2 N–H and O–H groups in total. The van der Waals surface area contributed by atoms with E-state index in [1.54, 1.807) is 24.3 Å². The maximum Gasteiger partial charge on any atom is 0.275 e. The summed E-state index contributed by atoms with van der Waals surface area (Å²) in [5, 5.41) is 6.37. The lowest BCUT2D eigenvalue weighted by molar-refractivity contribution is 0.102. The smallest absolute Gasteiger partial charge is 0.275 e. The molecule has 1 heterocycles. The van der Waals surface area contributed by atoms with E-state index in [0.717, 1.165) is 0 Å². The molecule has 0 spiro atoms. The number of benzene rings is 2. The Morgan fingerprint density at radius 3 is 2.52 bits per heavy atom. The van der Waals surface area contributed by atoms with Crippen LogP contribution in [0.4, 0.5) is 21.6 Å². The van der Waals surface area contributed by atoms with E-state index in [0.29, 0.717) is 21.6 Å². The number of amides is 1. The van der Waals surface area contributed by atoms with Crippen LogP contribution in [-0.2, 0) is 0 Å². The van der Waals surface area contributed by atoms with Gasteiger partial charge in [0, 0.05) is 5.02 Å². The first-order valence-electron chi connectivity index (χ1n) is 7.13. The van der Waals surface area contributed by atoms with Gasteiger partial charge in [-0.2, -0.15) is 0 Å². The highest BCUT2D eigenvalue weighted by Gasteiger charge is 2.11. The minimum atomic E-state index is -0.565. The summed E-state index contributed by atoms with van der Waals surface area (Å²) >= 11 is 12.0. The Kier molecular flexibility index (Phi) is 5.11. The van der Waals surface area contributed by atoms with Crippen LogP contribution in [0.5, 0.6) is 0 Å². The SMILES string of the molecule is O=C(Nc1ccccc1F)c1cnc(Nc2cc(Cl)ccc2Cl)cn1. The second-order valence-electron chi connectivity index (χ2n) is 4.97. The normalized spacial score (nSPS) is 10.4. The lowest BCUT2D eigenvalue weighted by atomic mass is 10.3. The molecule has 0 aliphatic carbocycles. The van der Waals surface area contributed by atoms with Crippen LogP contribution in [0.3, 0.4) is 0 Å². The van der Waals surface area contributed by atoms with Crippen molar-refractivity contribution in [2.75, 3.05) is 10.6 Å². The summed E-state index contributed by atoms with van der Waals surface area (Å²) in [6.07, 6.45) is 2.64. The van der Waals surface area contributed by atoms with Gasteiger partial charge < -0.3 is 10.6 Å². The summed E-state index contributed by atoms with van der Waals surface area (Å²) in [4.78, 5) is 20.2. The third-order valence-corrected chi connectivity index (χ3v) is 3.76. The minimum Gasteiger partial charge on any atom is -0.338 e. The van der Waals surface area contributed by atoms with Crippen molar-refractivity contribution in [3.05, 3.63) is 76.4 Å². The third-order valence-electron chi connectivity index (χ3n) is 3.20. The Morgan fingerprint density at radius 2 is 1.80 bits per heavy atom. The van der Waals surface area contributed by atoms with Crippen LogP contribution >= 0.6 is 23.2 Å². The van der Waals surface area contributed by atoms with E-state index in [1.807, 2.05) is 0 Å². The molecule has 0 radical (unpaired) electrons. The summed E-state index contributed by atoms with van der Waals surface area (Å²) in [6.45, 7) is 0. The van der Waals surface area contributed by atoms with Gasteiger partial charge in [-0.3, -0.25) is 4.79 Å². The lowest BCUT2D eigenvalue weighted by Crippen LogP contribution is -2.15. The number of carbonyl (C=O) groups excluding carboxylic acids is 1. The lowest BCUT2D eigenvalue weighted by Gasteiger charge is -2.09. The van der Waals surface area contributed by atoms with Crippen molar-refractivity contribution >= 4 is 46.3 Å². The van der Waals surface area contributed by atoms with Gasteiger partial charge in [0.15, 0.2) is 0 Å². The number of hydrogen-bond acceptors (Lipinski definition) is 4. The topological polar surface area (TPSA) is 66.9 Å². The highest BCUT2D eigenvalue weighted by atomic mass is 35.5. The molecule has 3 rings (SSSR count). The maximum absolute atomic E-state index is 13.6. The van der Waals surface area contributed by atoms with Gasteiger partial charge in [0.1, 0.15) is 17.3 Å². The molecule has 0 unspecified atom stereocenters. The highest BCUT2D eigenvalue weighted by Crippen LogP contribution is 2.27. The summed E-state index contributed by atoms with van der Waals surface area (Å²) in [6, 6.07) is 10.8. The van der Waals surface area contributed by atoms with Crippen LogP contribution in [0.2, 0.25) is 10.0 Å². The van der Waals surface area contributed by atoms with Gasteiger partial charge in [-0.05, 0) is 30.3 Å². The standard InChI is InChI=1S/C17H11Cl2FN4O/c18-10-5-6-11(19)14(7-10)23-16-9-21-15(8-22-16)17(25)24-13-4-2-1-3-12(13)20/h1-9H,(H,22,23)(H,24,25). The largest absolute Gasteiger partial charge is 0.338 e. The number of aromatic nitrogens is 2. The summed E-state index contributed by atoms with van der Waals surface area (Å²) < 4.78 is 13.6. The second kappa shape index (κ2) is 7.46. The number of rotatable bonds is 4. The summed E-state index contributed by atoms with van der Waals surface area (Å²) in [7, 11) is 0. The molecule has 0 aliphatic rings. The fraction of sp³-hybridized carbons (Fsp3) is 0. The van der Waals surface area contributed by atoms with Gasteiger partial charge in [0.05, 0.1) is 28.8 Å². The van der Waals surface area contributed by atoms with Crippen LogP contribution in [-0.4, -0.2) is 15.9 Å². The number of nitrogens with one attached hydrogen (secondary N) is 2. The zero-order valence-corrected chi connectivity index (χ0v) is 14.1. The van der Waals surface area contributed by atoms with Gasteiger partial charge in [-0.25, -0.2) is 14.4 Å². The molecule has 1 aromatic heterocycles. The van der Waals surface area contributed by atoms with Gasteiger partial charge in [-0.1, -0.05) is 35.3 Å². The highest BCUT2D eigenvalue weighted by molar-refractivity contribution is 6.35. The molecule has 1 amide bonds. The Bertz CT molecular complexity index is 919. The van der Waals surface area contributed by atoms with Crippen molar-refractivity contribution in [3.63, 3.8) is 0 Å². The molecule has 25 heavy (non-hydrogen) atoms. The molecule has 0 fully saturated rings. The Labute approximate surface area is 152 Å². The molecule has 8 heteroatoms. The van der Waals surface area contributed by atoms with Gasteiger partial charge in [0.2, 0.25) is 0 Å². The molecule has 0 saturated heterocycles. The maximum atomic E-state index is 13.6. The molecule has 126 valence electrons. The Hall–Kier alpha value is -2.70. The molecule has 2 aromatic carbocycles. The zero-order valence-electron chi connectivity index (χ0n) is 12.6. The monoisotopic (exact) mass is 376 g/mol. The average Bonchev–Trinajstić information content (AvgIpc) is 2.61. The molecule has 0 saturated carbocycles. The number of hydrogen-bond donors (Lipinski definition) is 2. The summed E-state index contributed by atoms with van der Waals surface area (Å²) in [5.41, 5.74) is 0.681. The number of halogens is 3. The molecular formula is C17H11Cl2FN4O. The van der Waals surface area contributed by atoms with Crippen LogP contribution in [0.15, 0.2) is 54.9 Å². The average molecular weight is 377 g/mol. The predicted molar refractivity (Wildman–Crippen MR) is 96.1 cm³/mol. The zero-order chi connectivity index (χ0) is 17.8. The quantitative estimate of drug-likeness (QED) is 0.678. The van der Waals surface area contributed by atoms with Crippen LogP contribution < -0.4 is 10.6 Å². The van der Waals surface area contributed by atoms with E-state index in [4.69, 9.17) is 23.2 Å². The number of nitrogens with zero attached hydrogens (tertiary/aromatic N) is 2. The van der Waals surface area contributed by atoms with E-state index < -0.39 is 11.7 Å². The van der Waals surface area contributed by atoms with Gasteiger partial charge in [0.25, 0.3) is 5.91 Å².